The highest BCUT2D eigenvalue weighted by Gasteiger charge is 2.70. The minimum absolute atomic E-state index is 0.00424. The van der Waals surface area contributed by atoms with Crippen molar-refractivity contribution in [3.05, 3.63) is 11.6 Å². The van der Waals surface area contributed by atoms with Crippen LogP contribution in [-0.4, -0.2) is 36.0 Å². The molecule has 0 spiro atoms. The maximum absolute atomic E-state index is 14.5. The molecule has 0 aromatic rings. The number of rotatable bonds is 6. The van der Waals surface area contributed by atoms with Crippen LogP contribution in [0.2, 0.25) is 0 Å². The number of allylic oxidation sites excluding steroid dienone is 2. The first-order chi connectivity index (χ1) is 18.6. The van der Waals surface area contributed by atoms with Crippen LogP contribution in [0.5, 0.6) is 0 Å². The molecule has 5 nitrogen and oxygen atoms in total. The molecule has 1 amide bonds. The molecule has 0 saturated heterocycles. The average molecular weight is 555 g/mol. The summed E-state index contributed by atoms with van der Waals surface area (Å²) in [5, 5.41) is 14.2. The molecule has 5 rings (SSSR count). The number of nitrogens with one attached hydrogen (secondary N) is 1. The maximum atomic E-state index is 14.5. The van der Waals surface area contributed by atoms with Crippen LogP contribution in [0, 0.1) is 50.2 Å². The lowest BCUT2D eigenvalue weighted by atomic mass is 9.33. The molecule has 0 radical (unpaired) electrons. The highest BCUT2D eigenvalue weighted by molar-refractivity contribution is 5.95. The van der Waals surface area contributed by atoms with Crippen molar-refractivity contribution in [3.63, 3.8) is 0 Å². The predicted octanol–water partition coefficient (Wildman–Crippen LogP) is 6.57. The summed E-state index contributed by atoms with van der Waals surface area (Å²) < 4.78 is 0. The summed E-state index contributed by atoms with van der Waals surface area (Å²) in [6, 6.07) is 0. The number of carbonyl (C=O) groups excluding carboxylic acids is 2. The van der Waals surface area contributed by atoms with Gasteiger partial charge in [-0.2, -0.15) is 0 Å². The summed E-state index contributed by atoms with van der Waals surface area (Å²) in [7, 11) is 0. The van der Waals surface area contributed by atoms with Crippen molar-refractivity contribution in [2.75, 3.05) is 13.1 Å². The quantitative estimate of drug-likeness (QED) is 0.324. The summed E-state index contributed by atoms with van der Waals surface area (Å²) in [6.45, 7) is 17.8. The van der Waals surface area contributed by atoms with E-state index >= 15 is 0 Å². The second kappa shape index (κ2) is 9.93. The molecule has 0 heterocycles. The van der Waals surface area contributed by atoms with Crippen molar-refractivity contribution in [2.45, 2.75) is 132 Å². The molecule has 0 aromatic heterocycles. The number of ketones is 1. The van der Waals surface area contributed by atoms with E-state index in [4.69, 9.17) is 5.73 Å². The van der Waals surface area contributed by atoms with Crippen LogP contribution in [0.3, 0.4) is 0 Å². The first kappa shape index (κ1) is 30.3. The van der Waals surface area contributed by atoms with Gasteiger partial charge >= 0.3 is 0 Å². The highest BCUT2D eigenvalue weighted by atomic mass is 16.3. The summed E-state index contributed by atoms with van der Waals surface area (Å²) in [4.78, 5) is 28.0. The normalized spacial score (nSPS) is 47.7. The molecule has 0 unspecified atom stereocenters. The van der Waals surface area contributed by atoms with Crippen LogP contribution in [0.4, 0.5) is 0 Å². The van der Waals surface area contributed by atoms with Gasteiger partial charge in [0.15, 0.2) is 5.78 Å². The molecule has 4 saturated carbocycles. The number of fused-ring (bicyclic) bond motifs is 7. The molecule has 0 aromatic carbocycles. The van der Waals surface area contributed by atoms with Gasteiger partial charge in [0.1, 0.15) is 0 Å². The number of unbranched alkanes of at least 4 members (excludes halogenated alkanes) is 2. The number of hydrogen-bond acceptors (Lipinski definition) is 4. The smallest absolute Gasteiger partial charge is 0.225 e. The number of aliphatic hydroxyl groups is 1. The Labute approximate surface area is 243 Å². The molecule has 5 aliphatic carbocycles. The third-order valence-corrected chi connectivity index (χ3v) is 14.3. The van der Waals surface area contributed by atoms with Crippen LogP contribution >= 0.6 is 0 Å². The fourth-order valence-corrected chi connectivity index (χ4v) is 11.2. The summed E-state index contributed by atoms with van der Waals surface area (Å²) in [5.74, 6) is 1.14. The lowest BCUT2D eigenvalue weighted by Gasteiger charge is -2.70. The Morgan fingerprint density at radius 2 is 1.65 bits per heavy atom. The zero-order valence-electron chi connectivity index (χ0n) is 26.6. The molecule has 226 valence electrons. The van der Waals surface area contributed by atoms with Crippen molar-refractivity contribution < 1.29 is 14.7 Å². The van der Waals surface area contributed by atoms with E-state index in [1.54, 1.807) is 0 Å². The summed E-state index contributed by atoms with van der Waals surface area (Å²) in [6.07, 6.45) is 13.8. The van der Waals surface area contributed by atoms with Crippen molar-refractivity contribution in [1.82, 2.24) is 5.32 Å². The Balaban J connectivity index is 1.47. The van der Waals surface area contributed by atoms with Crippen molar-refractivity contribution >= 4 is 11.7 Å². The first-order valence-electron chi connectivity index (χ1n) is 16.5. The molecule has 9 atom stereocenters. The first-order valence-corrected chi connectivity index (χ1v) is 16.5. The number of carbonyl (C=O) groups is 2. The third kappa shape index (κ3) is 4.21. The van der Waals surface area contributed by atoms with Gasteiger partial charge in [-0.3, -0.25) is 9.59 Å². The van der Waals surface area contributed by atoms with Gasteiger partial charge in [-0.25, -0.2) is 0 Å². The van der Waals surface area contributed by atoms with E-state index in [-0.39, 0.29) is 50.9 Å². The van der Waals surface area contributed by atoms with Crippen LogP contribution in [0.1, 0.15) is 126 Å². The Morgan fingerprint density at radius 1 is 0.950 bits per heavy atom. The molecule has 5 heteroatoms. The van der Waals surface area contributed by atoms with E-state index in [0.29, 0.717) is 18.2 Å². The standard InChI is InChI=1S/C35H58N2O3/c1-30(2)26-11-14-35(7)28(33(26,5)13-12-27(30)39)25(38)21-23-24-22-32(4,29(40)37-20-10-8-9-19-36)16-15-31(24,3)17-18-34(23,35)6/h21,24,26-28,39H,8-20,22,36H2,1-7H3,(H,37,40)/t24-,26-,27-,28+,31+,32-,33-,34+,35+/m0/s1. The molecule has 40 heavy (non-hydrogen) atoms. The van der Waals surface area contributed by atoms with Gasteiger partial charge in [-0.15, -0.1) is 0 Å². The SMILES string of the molecule is CC1(C)[C@@H](O)CC[C@]2(C)[C@H]3C(=O)C=C4[C@@H]5C[C@@](C)(C(=O)NCCCCCN)CC[C@]5(C)CC[C@@]4(C)[C@]3(C)CC[C@@H]12. The monoisotopic (exact) mass is 554 g/mol. The molecule has 0 aliphatic heterocycles. The molecular weight excluding hydrogens is 496 g/mol. The third-order valence-electron chi connectivity index (χ3n) is 14.3. The van der Waals surface area contributed by atoms with Crippen LogP contribution in [-0.2, 0) is 9.59 Å². The average Bonchev–Trinajstić information content (AvgIpc) is 2.88. The topological polar surface area (TPSA) is 92.4 Å². The molecule has 5 aliphatic rings. The van der Waals surface area contributed by atoms with E-state index in [2.05, 4.69) is 59.9 Å². The fraction of sp³-hybridized carbons (Fsp3) is 0.886. The molecular formula is C35H58N2O3. The minimum Gasteiger partial charge on any atom is -0.393 e. The van der Waals surface area contributed by atoms with Crippen LogP contribution in [0.25, 0.3) is 0 Å². The maximum Gasteiger partial charge on any atom is 0.225 e. The van der Waals surface area contributed by atoms with Crippen LogP contribution < -0.4 is 11.1 Å². The van der Waals surface area contributed by atoms with Gasteiger partial charge < -0.3 is 16.2 Å². The summed E-state index contributed by atoms with van der Waals surface area (Å²) in [5.41, 5.74) is 6.34. The number of nitrogens with two attached hydrogens (primary N) is 1. The number of hydrogen-bond donors (Lipinski definition) is 3. The number of amides is 1. The number of aliphatic hydroxyl groups excluding tert-OH is 1. The highest BCUT2D eigenvalue weighted by Crippen LogP contribution is 2.75. The Morgan fingerprint density at radius 3 is 2.35 bits per heavy atom. The van der Waals surface area contributed by atoms with E-state index < -0.39 is 5.41 Å². The Kier molecular flexibility index (Phi) is 7.51. The predicted molar refractivity (Wildman–Crippen MR) is 161 cm³/mol. The van der Waals surface area contributed by atoms with Gasteiger partial charge in [0.2, 0.25) is 5.91 Å². The van der Waals surface area contributed by atoms with E-state index in [9.17, 15) is 14.7 Å². The molecule has 4 fully saturated rings. The zero-order valence-corrected chi connectivity index (χ0v) is 26.6. The van der Waals surface area contributed by atoms with E-state index in [1.807, 2.05) is 0 Å². The van der Waals surface area contributed by atoms with Crippen molar-refractivity contribution in [1.29, 1.82) is 0 Å². The van der Waals surface area contributed by atoms with Gasteiger partial charge in [0.05, 0.1) is 6.10 Å². The summed E-state index contributed by atoms with van der Waals surface area (Å²) >= 11 is 0. The van der Waals surface area contributed by atoms with E-state index in [0.717, 1.165) is 77.2 Å². The van der Waals surface area contributed by atoms with Gasteiger partial charge in [-0.05, 0) is 122 Å². The lowest BCUT2D eigenvalue weighted by molar-refractivity contribution is -0.202. The second-order valence-electron chi connectivity index (χ2n) is 16.7. The van der Waals surface area contributed by atoms with Crippen LogP contribution in [0.15, 0.2) is 11.6 Å². The van der Waals surface area contributed by atoms with Gasteiger partial charge in [0, 0.05) is 17.9 Å². The van der Waals surface area contributed by atoms with Crippen molar-refractivity contribution in [3.8, 4) is 0 Å². The minimum atomic E-state index is -0.398. The van der Waals surface area contributed by atoms with E-state index in [1.165, 1.54) is 12.0 Å². The van der Waals surface area contributed by atoms with Gasteiger partial charge in [0.25, 0.3) is 0 Å². The van der Waals surface area contributed by atoms with Crippen molar-refractivity contribution in [2.24, 2.45) is 56.0 Å². The largest absolute Gasteiger partial charge is 0.393 e. The lowest BCUT2D eigenvalue weighted by Crippen LogP contribution is -2.66. The fourth-order valence-electron chi connectivity index (χ4n) is 11.2. The Bertz CT molecular complexity index is 1070. The molecule has 4 N–H and O–H groups in total. The Hall–Kier alpha value is -1.20. The van der Waals surface area contributed by atoms with Gasteiger partial charge in [-0.1, -0.05) is 60.5 Å². The molecule has 0 bridgehead atoms. The second-order valence-corrected chi connectivity index (χ2v) is 16.7. The zero-order chi connectivity index (χ0) is 29.4.